The summed E-state index contributed by atoms with van der Waals surface area (Å²) < 4.78 is 5.32. The molecule has 4 heteroatoms. The Kier molecular flexibility index (Phi) is 4.50. The number of hydrogen-bond donors (Lipinski definition) is 0. The second-order valence-corrected chi connectivity index (χ2v) is 2.62. The lowest BCUT2D eigenvalue weighted by atomic mass is 10.5. The van der Waals surface area contributed by atoms with Gasteiger partial charge in [-0.2, -0.15) is 0 Å². The van der Waals surface area contributed by atoms with E-state index in [0.717, 1.165) is 5.76 Å². The van der Waals surface area contributed by atoms with E-state index in [1.165, 1.54) is 0 Å². The average Bonchev–Trinajstić information content (AvgIpc) is 2.24. The highest BCUT2D eigenvalue weighted by Crippen LogP contribution is 2.06. The van der Waals surface area contributed by atoms with E-state index in [0.29, 0.717) is 19.8 Å². The monoisotopic (exact) mass is 194 g/mol. The van der Waals surface area contributed by atoms with E-state index in [2.05, 4.69) is 18.2 Å². The quantitative estimate of drug-likeness (QED) is 0.601. The molecule has 0 aromatic rings. The average molecular weight is 194 g/mol. The molecule has 14 heavy (non-hydrogen) atoms. The minimum Gasteiger partial charge on any atom is -0.490 e. The van der Waals surface area contributed by atoms with Gasteiger partial charge in [-0.1, -0.05) is 18.7 Å². The molecule has 0 N–H and O–H groups in total. The Labute approximate surface area is 83.8 Å². The van der Waals surface area contributed by atoms with E-state index in [-0.39, 0.29) is 0 Å². The molecule has 0 bridgehead atoms. The maximum Gasteiger partial charge on any atom is 0.137 e. The van der Waals surface area contributed by atoms with Crippen LogP contribution in [0, 0.1) is 0 Å². The van der Waals surface area contributed by atoms with Crippen LogP contribution >= 0.6 is 0 Å². The molecule has 1 heterocycles. The molecule has 0 aromatic heterocycles. The zero-order chi connectivity index (χ0) is 10.2. The minimum absolute atomic E-state index is 0.459. The van der Waals surface area contributed by atoms with Gasteiger partial charge in [0.2, 0.25) is 0 Å². The summed E-state index contributed by atoms with van der Waals surface area (Å²) >= 11 is 0. The first-order valence-corrected chi connectivity index (χ1v) is 4.33. The fraction of sp³-hybridized carbons (Fsp3) is 0.300. The number of ether oxygens (including phenoxy) is 1. The molecule has 0 aromatic carbocycles. The molecule has 1 aliphatic rings. The Morgan fingerprint density at radius 1 is 1.43 bits per heavy atom. The zero-order valence-electron chi connectivity index (χ0n) is 8.06. The van der Waals surface area contributed by atoms with Crippen molar-refractivity contribution in [2.24, 2.45) is 4.99 Å². The Balaban J connectivity index is 2.34. The number of rotatable bonds is 6. The smallest absolute Gasteiger partial charge is 0.137 e. The third-order valence-electron chi connectivity index (χ3n) is 1.47. The Morgan fingerprint density at radius 3 is 2.93 bits per heavy atom. The minimum atomic E-state index is 0.459. The number of aliphatic imine (C=N–C) groups is 1. The molecule has 0 fully saturated rings. The van der Waals surface area contributed by atoms with Crippen molar-refractivity contribution in [1.82, 2.24) is 5.06 Å². The van der Waals surface area contributed by atoms with Crippen molar-refractivity contribution in [1.29, 1.82) is 0 Å². The molecular weight excluding hydrogens is 180 g/mol. The molecule has 1 aliphatic heterocycles. The van der Waals surface area contributed by atoms with E-state index in [1.807, 2.05) is 0 Å². The summed E-state index contributed by atoms with van der Waals surface area (Å²) in [5.41, 5.74) is 0. The summed E-state index contributed by atoms with van der Waals surface area (Å²) in [6.45, 7) is 8.63. The van der Waals surface area contributed by atoms with Gasteiger partial charge in [-0.15, -0.1) is 6.58 Å². The summed E-state index contributed by atoms with van der Waals surface area (Å²) in [5.74, 6) is 0.761. The molecule has 4 nitrogen and oxygen atoms in total. The Morgan fingerprint density at radius 2 is 2.21 bits per heavy atom. The molecule has 0 saturated heterocycles. The van der Waals surface area contributed by atoms with Crippen LogP contribution < -0.4 is 0 Å². The third kappa shape index (κ3) is 3.45. The van der Waals surface area contributed by atoms with E-state index >= 15 is 0 Å². The number of hydroxylamine groups is 2. The van der Waals surface area contributed by atoms with Gasteiger partial charge in [0, 0.05) is 0 Å². The fourth-order valence-electron chi connectivity index (χ4n) is 0.902. The maximum atomic E-state index is 5.32. The van der Waals surface area contributed by atoms with Crippen molar-refractivity contribution in [3.8, 4) is 0 Å². The lowest BCUT2D eigenvalue weighted by Gasteiger charge is -2.21. The van der Waals surface area contributed by atoms with Gasteiger partial charge in [-0.25, -0.2) is 10.1 Å². The summed E-state index contributed by atoms with van der Waals surface area (Å²) in [6.07, 6.45) is 6.63. The first-order valence-electron chi connectivity index (χ1n) is 4.33. The summed E-state index contributed by atoms with van der Waals surface area (Å²) in [7, 11) is 0. The Bertz CT molecular complexity index is 259. The molecule has 76 valence electrons. The molecular formula is C10H14N2O2. The van der Waals surface area contributed by atoms with Gasteiger partial charge < -0.3 is 4.74 Å². The van der Waals surface area contributed by atoms with Crippen LogP contribution in [-0.4, -0.2) is 31.2 Å². The molecule has 0 amide bonds. The largest absolute Gasteiger partial charge is 0.490 e. The van der Waals surface area contributed by atoms with Crippen molar-refractivity contribution < 1.29 is 9.57 Å². The lowest BCUT2D eigenvalue weighted by molar-refractivity contribution is -0.0823. The van der Waals surface area contributed by atoms with Gasteiger partial charge in [0.05, 0.1) is 12.8 Å². The van der Waals surface area contributed by atoms with Crippen molar-refractivity contribution in [2.45, 2.75) is 0 Å². The topological polar surface area (TPSA) is 34.1 Å². The van der Waals surface area contributed by atoms with Gasteiger partial charge in [0.1, 0.15) is 25.2 Å². The van der Waals surface area contributed by atoms with Crippen LogP contribution in [0.4, 0.5) is 0 Å². The molecule has 0 unspecified atom stereocenters. The van der Waals surface area contributed by atoms with Crippen LogP contribution in [0.3, 0.4) is 0 Å². The van der Waals surface area contributed by atoms with Crippen molar-refractivity contribution in [2.75, 3.05) is 19.8 Å². The highest BCUT2D eigenvalue weighted by molar-refractivity contribution is 5.56. The summed E-state index contributed by atoms with van der Waals surface area (Å²) in [5, 5.41) is 1.60. The predicted octanol–water partition coefficient (Wildman–Crippen LogP) is 1.49. The second kappa shape index (κ2) is 5.99. The number of nitrogens with zero attached hydrogens (tertiary/aromatic N) is 2. The third-order valence-corrected chi connectivity index (χ3v) is 1.47. The standard InChI is InChI=1S/C10H14N2O2/c1-3-5-13-10-7-11-9-12(8-10)14-6-4-2/h3-4,7,9H,1-2,5-6,8H2. The van der Waals surface area contributed by atoms with Crippen molar-refractivity contribution in [3.05, 3.63) is 37.3 Å². The van der Waals surface area contributed by atoms with Crippen molar-refractivity contribution >= 4 is 6.34 Å². The normalized spacial score (nSPS) is 14.9. The lowest BCUT2D eigenvalue weighted by Crippen LogP contribution is -2.27. The second-order valence-electron chi connectivity index (χ2n) is 2.62. The predicted molar refractivity (Wildman–Crippen MR) is 55.6 cm³/mol. The fourth-order valence-corrected chi connectivity index (χ4v) is 0.902. The van der Waals surface area contributed by atoms with Crippen molar-refractivity contribution in [3.63, 3.8) is 0 Å². The molecule has 1 rings (SSSR count). The van der Waals surface area contributed by atoms with Gasteiger partial charge in [-0.05, 0) is 0 Å². The highest BCUT2D eigenvalue weighted by Gasteiger charge is 2.08. The van der Waals surface area contributed by atoms with Gasteiger partial charge in [0.15, 0.2) is 0 Å². The van der Waals surface area contributed by atoms with Crippen LogP contribution in [0.15, 0.2) is 42.3 Å². The summed E-state index contributed by atoms with van der Waals surface area (Å²) in [6, 6.07) is 0. The van der Waals surface area contributed by atoms with Crippen LogP contribution in [0.25, 0.3) is 0 Å². The molecule has 0 spiro atoms. The van der Waals surface area contributed by atoms with Crippen LogP contribution in [0.2, 0.25) is 0 Å². The highest BCUT2D eigenvalue weighted by atomic mass is 16.7. The molecule has 0 atom stereocenters. The molecule has 0 aliphatic carbocycles. The van der Waals surface area contributed by atoms with Gasteiger partial charge in [0.25, 0.3) is 0 Å². The zero-order valence-corrected chi connectivity index (χ0v) is 8.06. The van der Waals surface area contributed by atoms with E-state index in [9.17, 15) is 0 Å². The first kappa shape index (κ1) is 10.5. The van der Waals surface area contributed by atoms with Crippen LogP contribution in [-0.2, 0) is 9.57 Å². The molecule has 0 saturated carbocycles. The van der Waals surface area contributed by atoms with E-state index in [4.69, 9.17) is 9.57 Å². The maximum absolute atomic E-state index is 5.32. The van der Waals surface area contributed by atoms with E-state index in [1.54, 1.807) is 29.8 Å². The van der Waals surface area contributed by atoms with Crippen LogP contribution in [0.5, 0.6) is 0 Å². The molecule has 0 radical (unpaired) electrons. The van der Waals surface area contributed by atoms with Gasteiger partial charge >= 0.3 is 0 Å². The van der Waals surface area contributed by atoms with Gasteiger partial charge in [-0.3, -0.25) is 4.84 Å². The summed E-state index contributed by atoms with van der Waals surface area (Å²) in [4.78, 5) is 9.23. The first-order chi connectivity index (χ1) is 6.86. The Hall–Kier alpha value is -1.55. The van der Waals surface area contributed by atoms with Crippen LogP contribution in [0.1, 0.15) is 0 Å². The SMILES string of the molecule is C=CCOC1=CN=CN(OCC=C)C1. The van der Waals surface area contributed by atoms with E-state index < -0.39 is 0 Å². The number of hydrogen-bond acceptors (Lipinski definition) is 4.